The summed E-state index contributed by atoms with van der Waals surface area (Å²) in [4.78, 5) is 12.9. The number of rotatable bonds is 5. The molecule has 1 aromatic heterocycles. The number of benzene rings is 1. The lowest BCUT2D eigenvalue weighted by Gasteiger charge is -2.22. The van der Waals surface area contributed by atoms with Gasteiger partial charge >= 0.3 is 5.63 Å². The molecule has 4 nitrogen and oxygen atoms in total. The zero-order valence-corrected chi connectivity index (χ0v) is 16.2. The van der Waals surface area contributed by atoms with Crippen molar-refractivity contribution >= 4 is 0 Å². The Morgan fingerprint density at radius 3 is 2.61 bits per heavy atom. The molecule has 1 aromatic carbocycles. The molecule has 1 heterocycles. The van der Waals surface area contributed by atoms with Gasteiger partial charge in [0.05, 0.1) is 11.7 Å². The molecular formula is C24H28O4. The van der Waals surface area contributed by atoms with E-state index in [9.17, 15) is 15.0 Å². The highest BCUT2D eigenvalue weighted by Crippen LogP contribution is 2.45. The van der Waals surface area contributed by atoms with Crippen molar-refractivity contribution in [2.45, 2.75) is 75.7 Å². The van der Waals surface area contributed by atoms with Gasteiger partial charge in [0.2, 0.25) is 0 Å². The highest BCUT2D eigenvalue weighted by atomic mass is 16.4. The number of fused-ring (bicyclic) bond motifs is 1. The summed E-state index contributed by atoms with van der Waals surface area (Å²) in [6.45, 7) is 0. The van der Waals surface area contributed by atoms with Gasteiger partial charge in [-0.05, 0) is 67.9 Å². The van der Waals surface area contributed by atoms with Crippen LogP contribution in [0, 0.1) is 5.92 Å². The predicted octanol–water partition coefficient (Wildman–Crippen LogP) is 4.39. The Morgan fingerprint density at radius 1 is 1.07 bits per heavy atom. The Hall–Kier alpha value is -2.07. The molecule has 4 heteroatoms. The zero-order chi connectivity index (χ0) is 19.3. The largest absolute Gasteiger partial charge is 0.507 e. The summed E-state index contributed by atoms with van der Waals surface area (Å²) in [5.74, 6) is 1.37. The first-order valence-electron chi connectivity index (χ1n) is 10.8. The van der Waals surface area contributed by atoms with Crippen LogP contribution in [0.4, 0.5) is 0 Å². The van der Waals surface area contributed by atoms with Gasteiger partial charge in [-0.3, -0.25) is 0 Å². The van der Waals surface area contributed by atoms with Gasteiger partial charge in [0.15, 0.2) is 0 Å². The smallest absolute Gasteiger partial charge is 0.343 e. The van der Waals surface area contributed by atoms with Crippen molar-refractivity contribution in [1.29, 1.82) is 0 Å². The summed E-state index contributed by atoms with van der Waals surface area (Å²) in [5, 5.41) is 21.8. The van der Waals surface area contributed by atoms with Crippen molar-refractivity contribution in [2.24, 2.45) is 5.92 Å². The van der Waals surface area contributed by atoms with E-state index in [-0.39, 0.29) is 11.7 Å². The quantitative estimate of drug-likeness (QED) is 0.755. The van der Waals surface area contributed by atoms with E-state index in [1.54, 1.807) is 0 Å². The van der Waals surface area contributed by atoms with E-state index >= 15 is 0 Å². The minimum Gasteiger partial charge on any atom is -0.507 e. The van der Waals surface area contributed by atoms with E-state index in [1.165, 1.54) is 18.4 Å². The van der Waals surface area contributed by atoms with Gasteiger partial charge in [-0.25, -0.2) is 4.79 Å². The Bertz CT molecular complexity index is 936. The first kappa shape index (κ1) is 18.0. The molecule has 3 aliphatic rings. The molecule has 148 valence electrons. The van der Waals surface area contributed by atoms with Crippen molar-refractivity contribution in [1.82, 2.24) is 0 Å². The van der Waals surface area contributed by atoms with E-state index in [1.807, 2.05) is 12.1 Å². The Morgan fingerprint density at radius 2 is 1.86 bits per heavy atom. The second kappa shape index (κ2) is 7.07. The molecule has 0 aliphatic heterocycles. The number of aliphatic hydroxyl groups is 1. The Kier molecular flexibility index (Phi) is 4.54. The first-order valence-corrected chi connectivity index (χ1v) is 10.8. The normalized spacial score (nSPS) is 23.1. The maximum absolute atomic E-state index is 12.9. The van der Waals surface area contributed by atoms with Crippen LogP contribution in [0.1, 0.15) is 84.8 Å². The van der Waals surface area contributed by atoms with Crippen LogP contribution in [-0.2, 0) is 12.8 Å². The number of aromatic hydroxyl groups is 1. The third kappa shape index (κ3) is 3.28. The van der Waals surface area contributed by atoms with Gasteiger partial charge in [0.1, 0.15) is 11.5 Å². The highest BCUT2D eigenvalue weighted by molar-refractivity contribution is 5.46. The van der Waals surface area contributed by atoms with Crippen molar-refractivity contribution in [2.75, 3.05) is 0 Å². The molecule has 2 saturated carbocycles. The Labute approximate surface area is 165 Å². The fourth-order valence-corrected chi connectivity index (χ4v) is 4.88. The molecule has 2 fully saturated rings. The van der Waals surface area contributed by atoms with Gasteiger partial charge in [-0.2, -0.15) is 0 Å². The highest BCUT2D eigenvalue weighted by Gasteiger charge is 2.39. The standard InChI is InChI=1S/C24H28O4/c25-21(15-11-12-15)18-7-3-4-8-19-22(26)20(24(27)28-23(18)19)13-16-5-1-2-6-17(16)14-9-10-14/h1-2,5-6,14-15,18,21,25-26H,3-4,7-13H2. The van der Waals surface area contributed by atoms with Gasteiger partial charge in [0.25, 0.3) is 0 Å². The summed E-state index contributed by atoms with van der Waals surface area (Å²) in [6, 6.07) is 8.22. The minimum atomic E-state index is -0.471. The molecule has 2 atom stereocenters. The molecule has 2 aromatic rings. The summed E-state index contributed by atoms with van der Waals surface area (Å²) < 4.78 is 5.82. The van der Waals surface area contributed by atoms with Crippen LogP contribution in [0.2, 0.25) is 0 Å². The molecule has 3 aliphatic carbocycles. The van der Waals surface area contributed by atoms with Gasteiger partial charge in [-0.1, -0.05) is 30.7 Å². The SMILES string of the molecule is O=c1oc2c(c(O)c1Cc1ccccc1C1CC1)CCCCC2C(O)C1CC1. The van der Waals surface area contributed by atoms with Gasteiger partial charge in [0, 0.05) is 17.9 Å². The lowest BCUT2D eigenvalue weighted by Crippen LogP contribution is -2.23. The predicted molar refractivity (Wildman–Crippen MR) is 107 cm³/mol. The minimum absolute atomic E-state index is 0.103. The van der Waals surface area contributed by atoms with E-state index in [0.717, 1.165) is 43.2 Å². The van der Waals surface area contributed by atoms with Crippen molar-refractivity contribution in [3.8, 4) is 5.75 Å². The second-order valence-electron chi connectivity index (χ2n) is 8.89. The summed E-state index contributed by atoms with van der Waals surface area (Å²) in [7, 11) is 0. The molecule has 2 N–H and O–H groups in total. The number of hydrogen-bond acceptors (Lipinski definition) is 4. The zero-order valence-electron chi connectivity index (χ0n) is 16.2. The van der Waals surface area contributed by atoms with E-state index in [4.69, 9.17) is 4.42 Å². The number of hydrogen-bond donors (Lipinski definition) is 2. The molecule has 28 heavy (non-hydrogen) atoms. The lowest BCUT2D eigenvalue weighted by atomic mass is 9.89. The van der Waals surface area contributed by atoms with Crippen molar-refractivity contribution in [3.63, 3.8) is 0 Å². The molecule has 0 spiro atoms. The van der Waals surface area contributed by atoms with E-state index in [0.29, 0.717) is 36.0 Å². The van der Waals surface area contributed by atoms with Crippen LogP contribution in [0.3, 0.4) is 0 Å². The molecular weight excluding hydrogens is 352 g/mol. The first-order chi connectivity index (χ1) is 13.6. The van der Waals surface area contributed by atoms with Crippen molar-refractivity contribution in [3.05, 3.63) is 62.7 Å². The maximum atomic E-state index is 12.9. The molecule has 0 saturated heterocycles. The average molecular weight is 380 g/mol. The van der Waals surface area contributed by atoms with Gasteiger partial charge in [-0.15, -0.1) is 0 Å². The van der Waals surface area contributed by atoms with Crippen LogP contribution in [0.5, 0.6) is 5.75 Å². The van der Waals surface area contributed by atoms with Crippen LogP contribution in [0.25, 0.3) is 0 Å². The molecule has 5 rings (SSSR count). The molecule has 0 amide bonds. The van der Waals surface area contributed by atoms with E-state index in [2.05, 4.69) is 12.1 Å². The van der Waals surface area contributed by atoms with Crippen LogP contribution < -0.4 is 5.63 Å². The lowest BCUT2D eigenvalue weighted by molar-refractivity contribution is 0.105. The third-order valence-electron chi connectivity index (χ3n) is 6.80. The summed E-state index contributed by atoms with van der Waals surface area (Å²) in [6.07, 6.45) is 7.85. The van der Waals surface area contributed by atoms with E-state index < -0.39 is 11.7 Å². The van der Waals surface area contributed by atoms with Gasteiger partial charge < -0.3 is 14.6 Å². The second-order valence-corrected chi connectivity index (χ2v) is 8.89. The summed E-state index contributed by atoms with van der Waals surface area (Å²) >= 11 is 0. The third-order valence-corrected chi connectivity index (χ3v) is 6.80. The monoisotopic (exact) mass is 380 g/mol. The Balaban J connectivity index is 1.54. The topological polar surface area (TPSA) is 70.7 Å². The van der Waals surface area contributed by atoms with Crippen molar-refractivity contribution < 1.29 is 14.6 Å². The summed E-state index contributed by atoms with van der Waals surface area (Å²) in [5.41, 5.74) is 3.07. The molecule has 0 radical (unpaired) electrons. The maximum Gasteiger partial charge on any atom is 0.343 e. The fraction of sp³-hybridized carbons (Fsp3) is 0.542. The van der Waals surface area contributed by atoms with Crippen LogP contribution in [0.15, 0.2) is 33.5 Å². The number of aliphatic hydroxyl groups excluding tert-OH is 1. The molecule has 0 bridgehead atoms. The molecule has 2 unspecified atom stereocenters. The fourth-order valence-electron chi connectivity index (χ4n) is 4.88. The van der Waals surface area contributed by atoms with Crippen LogP contribution >= 0.6 is 0 Å². The average Bonchev–Trinajstić information content (AvgIpc) is 3.58. The van der Waals surface area contributed by atoms with Crippen LogP contribution in [-0.4, -0.2) is 16.3 Å².